The molecule has 3 aromatic heterocycles. The predicted molar refractivity (Wildman–Crippen MR) is 103 cm³/mol. The van der Waals surface area contributed by atoms with Crippen LogP contribution in [-0.2, 0) is 0 Å². The number of hydrogen-bond acceptors (Lipinski definition) is 8. The monoisotopic (exact) mass is 399 g/mol. The molecule has 2 N–H and O–H groups in total. The van der Waals surface area contributed by atoms with E-state index in [0.717, 1.165) is 10.1 Å². The van der Waals surface area contributed by atoms with Crippen molar-refractivity contribution in [3.63, 3.8) is 0 Å². The minimum atomic E-state index is -0.341. The van der Waals surface area contributed by atoms with Crippen molar-refractivity contribution < 1.29 is 14.3 Å². The second-order valence-electron chi connectivity index (χ2n) is 6.08. The largest absolute Gasteiger partial charge is 0.497 e. The Balaban J connectivity index is 1.72. The topological polar surface area (TPSA) is 120 Å². The van der Waals surface area contributed by atoms with E-state index in [-0.39, 0.29) is 23.9 Å². The maximum absolute atomic E-state index is 13.0. The summed E-state index contributed by atoms with van der Waals surface area (Å²) in [6.45, 7) is 3.82. The summed E-state index contributed by atoms with van der Waals surface area (Å²) in [5, 5.41) is 17.3. The third kappa shape index (κ3) is 3.27. The van der Waals surface area contributed by atoms with Crippen LogP contribution in [0.1, 0.15) is 23.5 Å². The predicted octanol–water partition coefficient (Wildman–Crippen LogP) is 2.65. The Morgan fingerprint density at radius 1 is 1.36 bits per heavy atom. The van der Waals surface area contributed by atoms with Crippen molar-refractivity contribution in [2.45, 2.75) is 20.0 Å². The van der Waals surface area contributed by atoms with E-state index < -0.39 is 0 Å². The molecule has 1 aromatic carbocycles. The van der Waals surface area contributed by atoms with Gasteiger partial charge in [-0.2, -0.15) is 5.21 Å². The first-order chi connectivity index (χ1) is 13.6. The lowest BCUT2D eigenvalue weighted by atomic mass is 10.2. The zero-order valence-electron chi connectivity index (χ0n) is 15.3. The van der Waals surface area contributed by atoms with Gasteiger partial charge in [-0.3, -0.25) is 14.7 Å². The zero-order valence-corrected chi connectivity index (χ0v) is 16.1. The van der Waals surface area contributed by atoms with Crippen LogP contribution in [0.3, 0.4) is 0 Å². The summed E-state index contributed by atoms with van der Waals surface area (Å²) in [5.74, 6) is 1.42. The van der Waals surface area contributed by atoms with E-state index in [1.807, 2.05) is 32.0 Å². The van der Waals surface area contributed by atoms with Crippen LogP contribution in [0.25, 0.3) is 16.0 Å². The fraction of sp³-hybridized carbons (Fsp3) is 0.235. The number of tetrazole rings is 1. The molecule has 144 valence electrons. The number of aromatic amines is 1. The van der Waals surface area contributed by atoms with Crippen molar-refractivity contribution in [1.82, 2.24) is 30.2 Å². The van der Waals surface area contributed by atoms with Crippen LogP contribution < -0.4 is 14.8 Å². The number of anilines is 1. The van der Waals surface area contributed by atoms with Gasteiger partial charge in [-0.15, -0.1) is 16.4 Å². The van der Waals surface area contributed by atoms with Gasteiger partial charge in [0.25, 0.3) is 11.9 Å². The molecule has 1 amide bonds. The fourth-order valence-corrected chi connectivity index (χ4v) is 3.67. The maximum Gasteiger partial charge on any atom is 0.276 e. The number of H-pyrrole nitrogens is 1. The first kappa shape index (κ1) is 17.9. The van der Waals surface area contributed by atoms with Crippen molar-refractivity contribution >= 4 is 33.3 Å². The van der Waals surface area contributed by atoms with Gasteiger partial charge in [-0.1, -0.05) is 5.10 Å². The SMILES string of the molecule is COc1ccc2sc(C(=O)Nc3nccn3-c3nn[nH]n3)c(OC(C)C)c2c1. The number of benzene rings is 1. The highest BCUT2D eigenvalue weighted by Crippen LogP contribution is 2.40. The molecule has 11 heteroatoms. The normalized spacial score (nSPS) is 11.1. The van der Waals surface area contributed by atoms with Gasteiger partial charge in [0.05, 0.1) is 13.2 Å². The summed E-state index contributed by atoms with van der Waals surface area (Å²) in [6, 6.07) is 5.62. The summed E-state index contributed by atoms with van der Waals surface area (Å²) in [6.07, 6.45) is 3.06. The standard InChI is InChI=1S/C17H17N7O3S/c1-9(2)27-13-11-8-10(26-3)4-5-12(11)28-14(13)15(25)19-16-18-6-7-24(16)17-20-22-23-21-17/h4-9H,1-3H3,(H,18,19,25)(H,20,21,22,23). The van der Waals surface area contributed by atoms with Crippen LogP contribution in [0.4, 0.5) is 5.95 Å². The number of methoxy groups -OCH3 is 1. The number of aromatic nitrogens is 6. The molecule has 4 aromatic rings. The van der Waals surface area contributed by atoms with Gasteiger partial charge in [0.15, 0.2) is 5.75 Å². The molecular weight excluding hydrogens is 382 g/mol. The van der Waals surface area contributed by atoms with Crippen molar-refractivity contribution in [2.75, 3.05) is 12.4 Å². The van der Waals surface area contributed by atoms with Crippen LogP contribution in [0.15, 0.2) is 30.6 Å². The van der Waals surface area contributed by atoms with Crippen molar-refractivity contribution in [3.05, 3.63) is 35.5 Å². The number of nitrogens with one attached hydrogen (secondary N) is 2. The average molecular weight is 399 g/mol. The zero-order chi connectivity index (χ0) is 19.7. The highest BCUT2D eigenvalue weighted by atomic mass is 32.1. The number of amides is 1. The van der Waals surface area contributed by atoms with Crippen LogP contribution in [-0.4, -0.2) is 49.3 Å². The minimum Gasteiger partial charge on any atom is -0.497 e. The lowest BCUT2D eigenvalue weighted by molar-refractivity contribution is 0.102. The van der Waals surface area contributed by atoms with E-state index in [1.165, 1.54) is 22.1 Å². The summed E-state index contributed by atoms with van der Waals surface area (Å²) in [7, 11) is 1.60. The molecule has 0 atom stereocenters. The maximum atomic E-state index is 13.0. The number of carbonyl (C=O) groups excluding carboxylic acids is 1. The van der Waals surface area contributed by atoms with Gasteiger partial charge in [-0.05, 0) is 37.3 Å². The molecule has 0 bridgehead atoms. The summed E-state index contributed by atoms with van der Waals surface area (Å²) in [4.78, 5) is 17.6. The average Bonchev–Trinajstić information content (AvgIpc) is 3.41. The molecule has 10 nitrogen and oxygen atoms in total. The number of thiophene rings is 1. The number of fused-ring (bicyclic) bond motifs is 1. The van der Waals surface area contributed by atoms with Gasteiger partial charge >= 0.3 is 0 Å². The number of nitrogens with zero attached hydrogens (tertiary/aromatic N) is 5. The first-order valence-corrected chi connectivity index (χ1v) is 9.24. The van der Waals surface area contributed by atoms with Gasteiger partial charge in [0, 0.05) is 22.5 Å². The van der Waals surface area contributed by atoms with Crippen LogP contribution in [0.2, 0.25) is 0 Å². The highest BCUT2D eigenvalue weighted by Gasteiger charge is 2.23. The molecule has 0 saturated carbocycles. The third-order valence-corrected chi connectivity index (χ3v) is 4.98. The molecule has 28 heavy (non-hydrogen) atoms. The lowest BCUT2D eigenvalue weighted by Crippen LogP contribution is -2.16. The Bertz CT molecular complexity index is 1120. The second kappa shape index (κ2) is 7.27. The Kier molecular flexibility index (Phi) is 4.65. The van der Waals surface area contributed by atoms with Crippen LogP contribution in [0.5, 0.6) is 11.5 Å². The van der Waals surface area contributed by atoms with Crippen molar-refractivity contribution in [2.24, 2.45) is 0 Å². The molecular formula is C17H17N7O3S. The Labute approximate surface area is 163 Å². The van der Waals surface area contributed by atoms with Crippen LogP contribution in [0, 0.1) is 0 Å². The lowest BCUT2D eigenvalue weighted by Gasteiger charge is -2.12. The van der Waals surface area contributed by atoms with Gasteiger partial charge < -0.3 is 9.47 Å². The van der Waals surface area contributed by atoms with E-state index >= 15 is 0 Å². The number of carbonyl (C=O) groups is 1. The fourth-order valence-electron chi connectivity index (χ4n) is 2.66. The van der Waals surface area contributed by atoms with E-state index in [4.69, 9.17) is 9.47 Å². The quantitative estimate of drug-likeness (QED) is 0.511. The Morgan fingerprint density at radius 2 is 2.21 bits per heavy atom. The third-order valence-electron chi connectivity index (χ3n) is 3.83. The number of ether oxygens (including phenoxy) is 2. The van der Waals surface area contributed by atoms with Gasteiger partial charge in [0.2, 0.25) is 5.95 Å². The van der Waals surface area contributed by atoms with E-state index in [1.54, 1.807) is 13.3 Å². The molecule has 0 spiro atoms. The smallest absolute Gasteiger partial charge is 0.276 e. The minimum absolute atomic E-state index is 0.100. The van der Waals surface area contributed by atoms with Gasteiger partial charge in [-0.25, -0.2) is 4.98 Å². The number of hydrogen-bond donors (Lipinski definition) is 2. The molecule has 0 aliphatic rings. The highest BCUT2D eigenvalue weighted by molar-refractivity contribution is 7.21. The Morgan fingerprint density at radius 3 is 2.93 bits per heavy atom. The van der Waals surface area contributed by atoms with E-state index in [9.17, 15) is 4.79 Å². The molecule has 0 aliphatic carbocycles. The Hall–Kier alpha value is -3.47. The summed E-state index contributed by atoms with van der Waals surface area (Å²) < 4.78 is 13.7. The first-order valence-electron chi connectivity index (χ1n) is 8.42. The molecule has 0 radical (unpaired) electrons. The van der Waals surface area contributed by atoms with Gasteiger partial charge in [0.1, 0.15) is 10.6 Å². The molecule has 0 aliphatic heterocycles. The molecule has 0 unspecified atom stereocenters. The molecule has 3 heterocycles. The molecule has 4 rings (SSSR count). The number of rotatable bonds is 6. The molecule has 0 fully saturated rings. The van der Waals surface area contributed by atoms with E-state index in [0.29, 0.717) is 16.4 Å². The second-order valence-corrected chi connectivity index (χ2v) is 7.13. The van der Waals surface area contributed by atoms with Crippen molar-refractivity contribution in [3.8, 4) is 17.4 Å². The molecule has 0 saturated heterocycles. The summed E-state index contributed by atoms with van der Waals surface area (Å²) >= 11 is 1.34. The number of imidazole rings is 1. The van der Waals surface area contributed by atoms with E-state index in [2.05, 4.69) is 30.9 Å². The van der Waals surface area contributed by atoms with Crippen molar-refractivity contribution in [1.29, 1.82) is 0 Å². The summed E-state index contributed by atoms with van der Waals surface area (Å²) in [5.41, 5.74) is 0. The van der Waals surface area contributed by atoms with Crippen LogP contribution >= 0.6 is 11.3 Å².